The van der Waals surface area contributed by atoms with Crippen molar-refractivity contribution < 1.29 is 9.18 Å². The molecule has 0 spiro atoms. The van der Waals surface area contributed by atoms with Crippen molar-refractivity contribution in [3.8, 4) is 0 Å². The Bertz CT molecular complexity index is 598. The Kier molecular flexibility index (Phi) is 3.63. The highest BCUT2D eigenvalue weighted by atomic mass is 35.5. The largest absolute Gasteiger partial charge is 0.399 e. The van der Waals surface area contributed by atoms with Gasteiger partial charge in [-0.3, -0.25) is 4.79 Å². The molecule has 0 bridgehead atoms. The predicted molar refractivity (Wildman–Crippen MR) is 70.3 cm³/mol. The molecule has 2 nitrogen and oxygen atoms in total. The molecule has 0 saturated heterocycles. The molecular formula is C14H11ClFNO. The Morgan fingerprint density at radius 1 is 1.22 bits per heavy atom. The Morgan fingerprint density at radius 2 is 2.00 bits per heavy atom. The van der Waals surface area contributed by atoms with Gasteiger partial charge in [0.15, 0.2) is 5.78 Å². The summed E-state index contributed by atoms with van der Waals surface area (Å²) in [5.74, 6) is -0.708. The van der Waals surface area contributed by atoms with Gasteiger partial charge in [0.2, 0.25) is 0 Å². The van der Waals surface area contributed by atoms with Crippen LogP contribution in [0.5, 0.6) is 0 Å². The topological polar surface area (TPSA) is 43.1 Å². The molecule has 0 aromatic heterocycles. The van der Waals surface area contributed by atoms with Crippen molar-refractivity contribution in [2.75, 3.05) is 5.73 Å². The minimum Gasteiger partial charge on any atom is -0.399 e. The molecule has 0 atom stereocenters. The molecule has 2 rings (SSSR count). The number of hydrogen-bond donors (Lipinski definition) is 1. The second kappa shape index (κ2) is 5.19. The van der Waals surface area contributed by atoms with E-state index in [-0.39, 0.29) is 22.8 Å². The van der Waals surface area contributed by atoms with Crippen LogP contribution in [0.15, 0.2) is 42.5 Å². The van der Waals surface area contributed by atoms with Crippen LogP contribution in [-0.2, 0) is 6.42 Å². The van der Waals surface area contributed by atoms with Gasteiger partial charge >= 0.3 is 0 Å². The van der Waals surface area contributed by atoms with E-state index in [1.54, 1.807) is 24.3 Å². The molecule has 2 N–H and O–H groups in total. The summed E-state index contributed by atoms with van der Waals surface area (Å²) in [6.07, 6.45) is 0.147. The Balaban J connectivity index is 2.24. The minimum absolute atomic E-state index is 0.147. The van der Waals surface area contributed by atoms with Crippen LogP contribution in [0.25, 0.3) is 0 Å². The van der Waals surface area contributed by atoms with Crippen LogP contribution in [0.3, 0.4) is 0 Å². The molecule has 92 valence electrons. The predicted octanol–water partition coefficient (Wildman–Crippen LogP) is 3.49. The van der Waals surface area contributed by atoms with E-state index < -0.39 is 5.82 Å². The van der Waals surface area contributed by atoms with E-state index in [1.807, 2.05) is 0 Å². The standard InChI is InChI=1S/C14H11ClFNO/c15-13-5-4-10(16)8-12(13)14(18)7-9-2-1-3-11(17)6-9/h1-6,8H,7,17H2. The van der Waals surface area contributed by atoms with E-state index in [9.17, 15) is 9.18 Å². The van der Waals surface area contributed by atoms with Crippen molar-refractivity contribution in [1.82, 2.24) is 0 Å². The normalized spacial score (nSPS) is 10.3. The van der Waals surface area contributed by atoms with Crippen LogP contribution in [0, 0.1) is 5.82 Å². The molecule has 2 aromatic carbocycles. The Labute approximate surface area is 109 Å². The second-order valence-electron chi connectivity index (χ2n) is 3.97. The number of anilines is 1. The lowest BCUT2D eigenvalue weighted by Crippen LogP contribution is -2.05. The first-order valence-electron chi connectivity index (χ1n) is 5.39. The lowest BCUT2D eigenvalue weighted by Gasteiger charge is -2.05. The SMILES string of the molecule is Nc1cccc(CC(=O)c2cc(F)ccc2Cl)c1. The first kappa shape index (κ1) is 12.6. The monoisotopic (exact) mass is 263 g/mol. The fourth-order valence-electron chi connectivity index (χ4n) is 1.69. The fourth-order valence-corrected chi connectivity index (χ4v) is 1.92. The molecule has 18 heavy (non-hydrogen) atoms. The molecule has 0 heterocycles. The van der Waals surface area contributed by atoms with Gasteiger partial charge in [0.25, 0.3) is 0 Å². The van der Waals surface area contributed by atoms with Gasteiger partial charge in [-0.05, 0) is 35.9 Å². The first-order valence-corrected chi connectivity index (χ1v) is 5.77. The van der Waals surface area contributed by atoms with Crippen LogP contribution < -0.4 is 5.73 Å². The summed E-state index contributed by atoms with van der Waals surface area (Å²) in [6, 6.07) is 10.8. The zero-order chi connectivity index (χ0) is 13.1. The lowest BCUT2D eigenvalue weighted by molar-refractivity contribution is 0.0992. The highest BCUT2D eigenvalue weighted by Gasteiger charge is 2.12. The summed E-state index contributed by atoms with van der Waals surface area (Å²) in [5, 5.41) is 0.255. The number of halogens is 2. The summed E-state index contributed by atoms with van der Waals surface area (Å²) in [6.45, 7) is 0. The van der Waals surface area contributed by atoms with Gasteiger partial charge in [-0.1, -0.05) is 23.7 Å². The van der Waals surface area contributed by atoms with Crippen LogP contribution in [0.4, 0.5) is 10.1 Å². The van der Waals surface area contributed by atoms with Gasteiger partial charge in [-0.25, -0.2) is 4.39 Å². The summed E-state index contributed by atoms with van der Waals surface area (Å²) in [4.78, 5) is 12.0. The molecule has 4 heteroatoms. The maximum absolute atomic E-state index is 13.1. The summed E-state index contributed by atoms with van der Waals surface area (Å²) in [5.41, 5.74) is 7.19. The number of nitrogens with two attached hydrogens (primary N) is 1. The van der Waals surface area contributed by atoms with Gasteiger partial charge in [-0.2, -0.15) is 0 Å². The van der Waals surface area contributed by atoms with Crippen LogP contribution >= 0.6 is 11.6 Å². The fraction of sp³-hybridized carbons (Fsp3) is 0.0714. The van der Waals surface area contributed by atoms with Crippen molar-refractivity contribution in [3.63, 3.8) is 0 Å². The van der Waals surface area contributed by atoms with Crippen molar-refractivity contribution in [2.24, 2.45) is 0 Å². The summed E-state index contributed by atoms with van der Waals surface area (Å²) < 4.78 is 13.1. The first-order chi connectivity index (χ1) is 8.56. The molecule has 0 radical (unpaired) electrons. The number of ketones is 1. The Hall–Kier alpha value is -1.87. The van der Waals surface area contributed by atoms with Crippen molar-refractivity contribution in [3.05, 3.63) is 64.4 Å². The third kappa shape index (κ3) is 2.87. The molecular weight excluding hydrogens is 253 g/mol. The van der Waals surface area contributed by atoms with Gasteiger partial charge < -0.3 is 5.73 Å². The number of carbonyl (C=O) groups is 1. The number of hydrogen-bond acceptors (Lipinski definition) is 2. The second-order valence-corrected chi connectivity index (χ2v) is 4.38. The van der Waals surface area contributed by atoms with Gasteiger partial charge in [-0.15, -0.1) is 0 Å². The average molecular weight is 264 g/mol. The molecule has 2 aromatic rings. The van der Waals surface area contributed by atoms with E-state index in [0.717, 1.165) is 11.6 Å². The van der Waals surface area contributed by atoms with E-state index >= 15 is 0 Å². The van der Waals surface area contributed by atoms with Crippen LogP contribution in [0.2, 0.25) is 5.02 Å². The van der Waals surface area contributed by atoms with E-state index in [0.29, 0.717) is 5.69 Å². The molecule has 0 unspecified atom stereocenters. The third-order valence-corrected chi connectivity index (χ3v) is 2.87. The molecule has 0 saturated carbocycles. The summed E-state index contributed by atoms with van der Waals surface area (Å²) in [7, 11) is 0. The van der Waals surface area contributed by atoms with E-state index in [2.05, 4.69) is 0 Å². The molecule has 0 aliphatic rings. The number of rotatable bonds is 3. The van der Waals surface area contributed by atoms with Crippen molar-refractivity contribution in [1.29, 1.82) is 0 Å². The third-order valence-electron chi connectivity index (χ3n) is 2.54. The number of benzene rings is 2. The number of carbonyl (C=O) groups excluding carboxylic acids is 1. The van der Waals surface area contributed by atoms with Gasteiger partial charge in [0.05, 0.1) is 5.02 Å². The van der Waals surface area contributed by atoms with Crippen molar-refractivity contribution >= 4 is 23.1 Å². The number of nitrogen functional groups attached to an aromatic ring is 1. The van der Waals surface area contributed by atoms with E-state index in [1.165, 1.54) is 12.1 Å². The molecule has 0 aliphatic carbocycles. The maximum Gasteiger partial charge on any atom is 0.168 e. The zero-order valence-corrected chi connectivity index (χ0v) is 10.2. The summed E-state index contributed by atoms with van der Waals surface area (Å²) >= 11 is 5.88. The highest BCUT2D eigenvalue weighted by Crippen LogP contribution is 2.19. The van der Waals surface area contributed by atoms with Crippen LogP contribution in [0.1, 0.15) is 15.9 Å². The van der Waals surface area contributed by atoms with Gasteiger partial charge in [0.1, 0.15) is 5.82 Å². The van der Waals surface area contributed by atoms with Crippen molar-refractivity contribution in [2.45, 2.75) is 6.42 Å². The zero-order valence-electron chi connectivity index (χ0n) is 9.49. The Morgan fingerprint density at radius 3 is 2.72 bits per heavy atom. The van der Waals surface area contributed by atoms with Crippen LogP contribution in [-0.4, -0.2) is 5.78 Å². The molecule has 0 fully saturated rings. The molecule has 0 amide bonds. The van der Waals surface area contributed by atoms with Gasteiger partial charge in [0, 0.05) is 17.7 Å². The maximum atomic E-state index is 13.1. The lowest BCUT2D eigenvalue weighted by atomic mass is 10.0. The smallest absolute Gasteiger partial charge is 0.168 e. The quantitative estimate of drug-likeness (QED) is 0.680. The minimum atomic E-state index is -0.477. The molecule has 0 aliphatic heterocycles. The van der Waals surface area contributed by atoms with E-state index in [4.69, 9.17) is 17.3 Å². The number of Topliss-reactive ketones (excluding diaryl/α,β-unsaturated/α-hetero) is 1. The highest BCUT2D eigenvalue weighted by molar-refractivity contribution is 6.34. The average Bonchev–Trinajstić information content (AvgIpc) is 2.32.